The molecule has 1 aromatic rings. The van der Waals surface area contributed by atoms with Gasteiger partial charge in [0.15, 0.2) is 9.84 Å². The van der Waals surface area contributed by atoms with Gasteiger partial charge in [-0.1, -0.05) is 0 Å². The number of nitrogens with one attached hydrogen (secondary N) is 1. The molecule has 2 unspecified atom stereocenters. The Kier molecular flexibility index (Phi) is 4.67. The third kappa shape index (κ3) is 3.74. The number of nitrogens with zero attached hydrogens (tertiary/aromatic N) is 1. The molecule has 24 heavy (non-hydrogen) atoms. The molecule has 3 N–H and O–H groups in total. The van der Waals surface area contributed by atoms with Crippen LogP contribution < -0.4 is 10.5 Å². The van der Waals surface area contributed by atoms with Crippen LogP contribution in [0.25, 0.3) is 0 Å². The van der Waals surface area contributed by atoms with Gasteiger partial charge >= 0.3 is 0 Å². The highest BCUT2D eigenvalue weighted by molar-refractivity contribution is 9.10. The largest absolute Gasteiger partial charge is 0.383 e. The zero-order valence-corrected chi connectivity index (χ0v) is 16.0. The molecule has 134 valence electrons. The van der Waals surface area contributed by atoms with Gasteiger partial charge in [0.2, 0.25) is 10.0 Å². The Hall–Kier alpha value is -0.750. The van der Waals surface area contributed by atoms with Gasteiger partial charge in [0.25, 0.3) is 0 Å². The quantitative estimate of drug-likeness (QED) is 0.698. The van der Waals surface area contributed by atoms with E-state index in [2.05, 4.69) is 25.6 Å². The summed E-state index contributed by atoms with van der Waals surface area (Å²) >= 11 is 3.18. The van der Waals surface area contributed by atoms with Crippen molar-refractivity contribution in [2.45, 2.75) is 35.8 Å². The van der Waals surface area contributed by atoms with E-state index in [-0.39, 0.29) is 22.2 Å². The number of sulfonamides is 1. The third-order valence-electron chi connectivity index (χ3n) is 4.30. The molecule has 1 aromatic heterocycles. The van der Waals surface area contributed by atoms with Crippen molar-refractivity contribution in [1.29, 1.82) is 0 Å². The lowest BCUT2D eigenvalue weighted by atomic mass is 9.90. The van der Waals surface area contributed by atoms with Crippen LogP contribution in [0.15, 0.2) is 21.6 Å². The molecule has 3 heterocycles. The van der Waals surface area contributed by atoms with Crippen molar-refractivity contribution in [3.63, 3.8) is 0 Å². The molecule has 0 saturated carbocycles. The fourth-order valence-corrected chi connectivity index (χ4v) is 7.05. The molecule has 2 fully saturated rings. The van der Waals surface area contributed by atoms with Gasteiger partial charge in [-0.25, -0.2) is 26.5 Å². The highest BCUT2D eigenvalue weighted by atomic mass is 79.9. The molecule has 0 radical (unpaired) electrons. The second-order valence-electron chi connectivity index (χ2n) is 6.22. The number of pyridine rings is 1. The maximum absolute atomic E-state index is 12.6. The Bertz CT molecular complexity index is 858. The summed E-state index contributed by atoms with van der Waals surface area (Å²) in [7, 11) is -6.98. The van der Waals surface area contributed by atoms with Crippen molar-refractivity contribution in [2.24, 2.45) is 0 Å². The lowest BCUT2D eigenvalue weighted by molar-refractivity contribution is -0.0675. The zero-order valence-electron chi connectivity index (χ0n) is 12.7. The molecule has 0 aromatic carbocycles. The molecule has 2 atom stereocenters. The van der Waals surface area contributed by atoms with Crippen LogP contribution in [0.3, 0.4) is 0 Å². The Morgan fingerprint density at radius 1 is 1.46 bits per heavy atom. The van der Waals surface area contributed by atoms with E-state index in [4.69, 9.17) is 10.5 Å². The van der Waals surface area contributed by atoms with Gasteiger partial charge in [0, 0.05) is 23.3 Å². The van der Waals surface area contributed by atoms with Gasteiger partial charge in [0.05, 0.1) is 17.1 Å². The molecular formula is C13H18BrN3O5S2. The van der Waals surface area contributed by atoms with E-state index in [1.54, 1.807) is 0 Å². The summed E-state index contributed by atoms with van der Waals surface area (Å²) in [5, 5.41) is 0. The Morgan fingerprint density at radius 3 is 2.88 bits per heavy atom. The van der Waals surface area contributed by atoms with E-state index in [1.807, 2.05) is 0 Å². The second kappa shape index (κ2) is 6.20. The minimum Gasteiger partial charge on any atom is -0.383 e. The van der Waals surface area contributed by atoms with Crippen LogP contribution in [0.5, 0.6) is 0 Å². The summed E-state index contributed by atoms with van der Waals surface area (Å²) in [6.45, 7) is 0.314. The van der Waals surface area contributed by atoms with Crippen LogP contribution in [0.4, 0.5) is 5.82 Å². The third-order valence-corrected chi connectivity index (χ3v) is 8.08. The first-order valence-corrected chi connectivity index (χ1v) is 11.5. The molecule has 2 saturated heterocycles. The van der Waals surface area contributed by atoms with E-state index in [1.165, 1.54) is 12.3 Å². The minimum absolute atomic E-state index is 0.0567. The normalized spacial score (nSPS) is 29.8. The molecule has 2 aliphatic heterocycles. The second-order valence-corrected chi connectivity index (χ2v) is 11.0. The first kappa shape index (κ1) is 18.1. The molecule has 8 nitrogen and oxygen atoms in total. The number of sulfone groups is 1. The number of anilines is 1. The number of hydrogen-bond acceptors (Lipinski definition) is 7. The number of nitrogens with two attached hydrogens (primary N) is 1. The fourth-order valence-electron chi connectivity index (χ4n) is 3.22. The average Bonchev–Trinajstić information content (AvgIpc) is 2.75. The van der Waals surface area contributed by atoms with Gasteiger partial charge < -0.3 is 10.5 Å². The summed E-state index contributed by atoms with van der Waals surface area (Å²) in [5.41, 5.74) is 4.89. The van der Waals surface area contributed by atoms with Crippen LogP contribution in [0.2, 0.25) is 0 Å². The smallest absolute Gasteiger partial charge is 0.244 e. The van der Waals surface area contributed by atoms with Gasteiger partial charge in [-0.05, 0) is 41.3 Å². The van der Waals surface area contributed by atoms with Crippen LogP contribution in [0.1, 0.15) is 19.3 Å². The molecule has 0 bridgehead atoms. The Balaban J connectivity index is 1.79. The number of halogens is 1. The Labute approximate surface area is 149 Å². The minimum atomic E-state index is -3.86. The monoisotopic (exact) mass is 439 g/mol. The molecule has 11 heteroatoms. The van der Waals surface area contributed by atoms with E-state index < -0.39 is 31.5 Å². The lowest BCUT2D eigenvalue weighted by Crippen LogP contribution is -2.49. The number of hydrogen-bond donors (Lipinski definition) is 2. The molecular weight excluding hydrogens is 422 g/mol. The van der Waals surface area contributed by atoms with E-state index >= 15 is 0 Å². The first-order valence-electron chi connectivity index (χ1n) is 7.39. The summed E-state index contributed by atoms with van der Waals surface area (Å²) in [6.07, 6.45) is 2.62. The maximum atomic E-state index is 12.6. The highest BCUT2D eigenvalue weighted by Crippen LogP contribution is 2.36. The topological polar surface area (TPSA) is 128 Å². The van der Waals surface area contributed by atoms with Crippen LogP contribution in [-0.4, -0.2) is 51.6 Å². The summed E-state index contributed by atoms with van der Waals surface area (Å²) in [5.74, 6) is -0.0655. The van der Waals surface area contributed by atoms with Crippen LogP contribution in [0, 0.1) is 0 Å². The van der Waals surface area contributed by atoms with E-state index in [9.17, 15) is 16.8 Å². The first-order chi connectivity index (χ1) is 11.1. The fraction of sp³-hybridized carbons (Fsp3) is 0.615. The zero-order chi connectivity index (χ0) is 17.6. The van der Waals surface area contributed by atoms with Gasteiger partial charge in [0.1, 0.15) is 10.7 Å². The van der Waals surface area contributed by atoms with Gasteiger partial charge in [-0.3, -0.25) is 0 Å². The SMILES string of the molecule is Nc1ncc(Br)cc1S(=O)(=O)NC1CCOC2(CCS(=O)(=O)C2)C1. The van der Waals surface area contributed by atoms with Crippen molar-refractivity contribution in [2.75, 3.05) is 23.8 Å². The molecule has 2 aliphatic rings. The van der Waals surface area contributed by atoms with Crippen LogP contribution in [-0.2, 0) is 24.6 Å². The van der Waals surface area contributed by atoms with Crippen molar-refractivity contribution < 1.29 is 21.6 Å². The Morgan fingerprint density at radius 2 is 2.21 bits per heavy atom. The summed E-state index contributed by atoms with van der Waals surface area (Å²) < 4.78 is 57.5. The molecule has 0 amide bonds. The highest BCUT2D eigenvalue weighted by Gasteiger charge is 2.47. The van der Waals surface area contributed by atoms with Crippen molar-refractivity contribution >= 4 is 41.6 Å². The number of aromatic nitrogens is 1. The van der Waals surface area contributed by atoms with Gasteiger partial charge in [-0.15, -0.1) is 0 Å². The molecule has 1 spiro atoms. The maximum Gasteiger partial charge on any atom is 0.244 e. The van der Waals surface area contributed by atoms with Crippen molar-refractivity contribution in [3.05, 3.63) is 16.7 Å². The van der Waals surface area contributed by atoms with E-state index in [0.717, 1.165) is 0 Å². The predicted octanol–water partition coefficient (Wildman–Crippen LogP) is 0.441. The average molecular weight is 440 g/mol. The van der Waals surface area contributed by atoms with Gasteiger partial charge in [-0.2, -0.15) is 0 Å². The van der Waals surface area contributed by atoms with E-state index in [0.29, 0.717) is 30.3 Å². The number of ether oxygens (including phenoxy) is 1. The standard InChI is InChI=1S/C13H18BrN3O5S2/c14-9-5-11(12(15)16-7-9)24(20,21)17-10-1-3-22-13(6-10)2-4-23(18,19)8-13/h5,7,10,17H,1-4,6,8H2,(H2,15,16). The van der Waals surface area contributed by atoms with Crippen molar-refractivity contribution in [3.8, 4) is 0 Å². The summed E-state index contributed by atoms with van der Waals surface area (Å²) in [6, 6.07) is 0.982. The predicted molar refractivity (Wildman–Crippen MR) is 91.6 cm³/mol. The number of rotatable bonds is 3. The van der Waals surface area contributed by atoms with Crippen molar-refractivity contribution in [1.82, 2.24) is 9.71 Å². The molecule has 0 aliphatic carbocycles. The molecule has 3 rings (SSSR count). The number of nitrogen functional groups attached to an aromatic ring is 1. The lowest BCUT2D eigenvalue weighted by Gasteiger charge is -2.37. The summed E-state index contributed by atoms with van der Waals surface area (Å²) in [4.78, 5) is 3.74. The van der Waals surface area contributed by atoms with Crippen LogP contribution >= 0.6 is 15.9 Å².